The van der Waals surface area contributed by atoms with Crippen LogP contribution in [0.2, 0.25) is 0 Å². The molecule has 0 saturated carbocycles. The first kappa shape index (κ1) is 13.3. The highest BCUT2D eigenvalue weighted by Gasteiger charge is 2.18. The number of hydrogen-bond donors (Lipinski definition) is 1. The Kier molecular flexibility index (Phi) is 6.27. The fraction of sp³-hybridized carbons (Fsp3) is 0.500. The summed E-state index contributed by atoms with van der Waals surface area (Å²) in [5.74, 6) is 0.605. The van der Waals surface area contributed by atoms with Gasteiger partial charge in [-0.1, -0.05) is 56.4 Å². The van der Waals surface area contributed by atoms with Gasteiger partial charge in [-0.25, -0.2) is 0 Å². The van der Waals surface area contributed by atoms with Crippen molar-refractivity contribution < 1.29 is 0 Å². The highest BCUT2D eigenvalue weighted by molar-refractivity contribution is 7.80. The summed E-state index contributed by atoms with van der Waals surface area (Å²) in [5.41, 5.74) is 1.23. The Morgan fingerprint density at radius 2 is 1.69 bits per heavy atom. The van der Waals surface area contributed by atoms with Gasteiger partial charge in [-0.2, -0.15) is 0 Å². The van der Waals surface area contributed by atoms with Gasteiger partial charge >= 0.3 is 0 Å². The molecule has 0 radical (unpaired) electrons. The molecule has 0 atom stereocenters. The van der Waals surface area contributed by atoms with Crippen LogP contribution in [0.15, 0.2) is 30.3 Å². The molecule has 1 aliphatic rings. The average Bonchev–Trinajstić information content (AvgIpc) is 2.42. The second-order valence-electron chi connectivity index (χ2n) is 3.75. The maximum absolute atomic E-state index is 5.51. The van der Waals surface area contributed by atoms with E-state index in [0.717, 1.165) is 18.0 Å². The maximum Gasteiger partial charge on any atom is 0.0256 e. The zero-order valence-electron chi connectivity index (χ0n) is 10.2. The zero-order valence-corrected chi connectivity index (χ0v) is 11.0. The predicted octanol–water partition coefficient (Wildman–Crippen LogP) is 3.43. The van der Waals surface area contributed by atoms with E-state index in [-0.39, 0.29) is 0 Å². The molecular weight excluding hydrogens is 214 g/mol. The van der Waals surface area contributed by atoms with E-state index in [9.17, 15) is 0 Å². The molecule has 2 rings (SSSR count). The van der Waals surface area contributed by atoms with Gasteiger partial charge in [0.1, 0.15) is 0 Å². The van der Waals surface area contributed by atoms with Crippen molar-refractivity contribution in [2.75, 3.05) is 13.1 Å². The Balaban J connectivity index is 0.000000606. The molecule has 1 aromatic rings. The Morgan fingerprint density at radius 3 is 2.25 bits per heavy atom. The largest absolute Gasteiger partial charge is 0.317 e. The normalized spacial score (nSPS) is 16.1. The van der Waals surface area contributed by atoms with Gasteiger partial charge in [0.05, 0.1) is 0 Å². The van der Waals surface area contributed by atoms with Crippen LogP contribution in [-0.2, 0) is 0 Å². The third kappa shape index (κ3) is 3.69. The van der Waals surface area contributed by atoms with Crippen LogP contribution in [0.5, 0.6) is 0 Å². The molecule has 16 heavy (non-hydrogen) atoms. The van der Waals surface area contributed by atoms with Crippen molar-refractivity contribution >= 4 is 17.1 Å². The van der Waals surface area contributed by atoms with Gasteiger partial charge in [-0.3, -0.25) is 0 Å². The molecule has 1 saturated heterocycles. The molecule has 1 aliphatic heterocycles. The van der Waals surface area contributed by atoms with Gasteiger partial charge < -0.3 is 5.32 Å². The van der Waals surface area contributed by atoms with Crippen molar-refractivity contribution in [3.05, 3.63) is 35.9 Å². The molecule has 0 unspecified atom stereocenters. The minimum Gasteiger partial charge on any atom is -0.317 e. The SMILES string of the molecule is CC.S=C(c1ccccc1)C1CCNCC1. The van der Waals surface area contributed by atoms with E-state index in [1.807, 2.05) is 19.9 Å². The molecule has 0 aromatic heterocycles. The van der Waals surface area contributed by atoms with E-state index in [0.29, 0.717) is 5.92 Å². The Morgan fingerprint density at radius 1 is 1.12 bits per heavy atom. The van der Waals surface area contributed by atoms with Gasteiger partial charge in [0, 0.05) is 4.86 Å². The number of thiocarbonyl (C=S) groups is 1. The van der Waals surface area contributed by atoms with E-state index in [4.69, 9.17) is 12.2 Å². The average molecular weight is 235 g/mol. The molecule has 1 heterocycles. The second-order valence-corrected chi connectivity index (χ2v) is 4.19. The summed E-state index contributed by atoms with van der Waals surface area (Å²) in [6, 6.07) is 10.4. The molecule has 1 N–H and O–H groups in total. The van der Waals surface area contributed by atoms with E-state index >= 15 is 0 Å². The lowest BCUT2D eigenvalue weighted by atomic mass is 9.91. The maximum atomic E-state index is 5.51. The number of piperidine rings is 1. The quantitative estimate of drug-likeness (QED) is 0.622. The highest BCUT2D eigenvalue weighted by Crippen LogP contribution is 2.18. The van der Waals surface area contributed by atoms with E-state index in [2.05, 4.69) is 29.6 Å². The topological polar surface area (TPSA) is 12.0 Å². The van der Waals surface area contributed by atoms with Gasteiger partial charge in [-0.15, -0.1) is 0 Å². The van der Waals surface area contributed by atoms with Crippen molar-refractivity contribution in [2.24, 2.45) is 5.92 Å². The first-order chi connectivity index (χ1) is 7.88. The number of rotatable bonds is 2. The number of nitrogens with one attached hydrogen (secondary N) is 1. The van der Waals surface area contributed by atoms with Crippen LogP contribution >= 0.6 is 12.2 Å². The Labute approximate surface area is 104 Å². The van der Waals surface area contributed by atoms with E-state index < -0.39 is 0 Å². The lowest BCUT2D eigenvalue weighted by Gasteiger charge is -2.23. The lowest BCUT2D eigenvalue weighted by Crippen LogP contribution is -2.31. The predicted molar refractivity (Wildman–Crippen MR) is 75.1 cm³/mol. The fourth-order valence-electron chi connectivity index (χ4n) is 1.92. The van der Waals surface area contributed by atoms with Crippen LogP contribution in [0.4, 0.5) is 0 Å². The van der Waals surface area contributed by atoms with Crippen molar-refractivity contribution in [2.45, 2.75) is 26.7 Å². The monoisotopic (exact) mass is 235 g/mol. The minimum atomic E-state index is 0.605. The summed E-state index contributed by atoms with van der Waals surface area (Å²) in [4.78, 5) is 1.15. The zero-order chi connectivity index (χ0) is 11.8. The molecule has 1 nitrogen and oxygen atoms in total. The molecule has 1 fully saturated rings. The molecule has 1 aromatic carbocycles. The van der Waals surface area contributed by atoms with E-state index in [1.54, 1.807) is 0 Å². The summed E-state index contributed by atoms with van der Waals surface area (Å²) in [6.07, 6.45) is 2.38. The van der Waals surface area contributed by atoms with Crippen molar-refractivity contribution in [1.29, 1.82) is 0 Å². The molecular formula is C14H21NS. The molecule has 0 aliphatic carbocycles. The number of hydrogen-bond acceptors (Lipinski definition) is 2. The molecule has 2 heteroatoms. The van der Waals surface area contributed by atoms with Crippen LogP contribution in [0.3, 0.4) is 0 Å². The van der Waals surface area contributed by atoms with Gasteiger partial charge in [-0.05, 0) is 37.4 Å². The van der Waals surface area contributed by atoms with Gasteiger partial charge in [0.15, 0.2) is 0 Å². The van der Waals surface area contributed by atoms with Crippen LogP contribution in [-0.4, -0.2) is 18.0 Å². The summed E-state index contributed by atoms with van der Waals surface area (Å²) >= 11 is 5.51. The Hall–Kier alpha value is -0.730. The standard InChI is InChI=1S/C12H15NS.C2H6/c14-12(10-4-2-1-3-5-10)11-6-8-13-9-7-11;1-2/h1-5,11,13H,6-9H2;1-2H3. The molecule has 0 spiro atoms. The first-order valence-corrected chi connectivity index (χ1v) is 6.59. The highest BCUT2D eigenvalue weighted by atomic mass is 32.1. The smallest absolute Gasteiger partial charge is 0.0256 e. The second kappa shape index (κ2) is 7.53. The molecule has 0 amide bonds. The van der Waals surface area contributed by atoms with Crippen molar-refractivity contribution in [3.63, 3.8) is 0 Å². The molecule has 0 bridgehead atoms. The van der Waals surface area contributed by atoms with Gasteiger partial charge in [0.2, 0.25) is 0 Å². The summed E-state index contributed by atoms with van der Waals surface area (Å²) in [6.45, 7) is 6.22. The van der Waals surface area contributed by atoms with Crippen LogP contribution in [0.25, 0.3) is 0 Å². The minimum absolute atomic E-state index is 0.605. The van der Waals surface area contributed by atoms with E-state index in [1.165, 1.54) is 18.4 Å². The summed E-state index contributed by atoms with van der Waals surface area (Å²) < 4.78 is 0. The van der Waals surface area contributed by atoms with Crippen LogP contribution < -0.4 is 5.32 Å². The first-order valence-electron chi connectivity index (χ1n) is 6.18. The van der Waals surface area contributed by atoms with Gasteiger partial charge in [0.25, 0.3) is 0 Å². The third-order valence-corrected chi connectivity index (χ3v) is 3.34. The van der Waals surface area contributed by atoms with Crippen LogP contribution in [0, 0.1) is 5.92 Å². The third-order valence-electron chi connectivity index (χ3n) is 2.77. The Bertz CT molecular complexity index is 302. The lowest BCUT2D eigenvalue weighted by molar-refractivity contribution is 0.460. The van der Waals surface area contributed by atoms with Crippen LogP contribution in [0.1, 0.15) is 32.3 Å². The summed E-state index contributed by atoms with van der Waals surface area (Å²) in [5, 5.41) is 3.36. The van der Waals surface area contributed by atoms with Crippen molar-refractivity contribution in [1.82, 2.24) is 5.32 Å². The summed E-state index contributed by atoms with van der Waals surface area (Å²) in [7, 11) is 0. The van der Waals surface area contributed by atoms with Crippen molar-refractivity contribution in [3.8, 4) is 0 Å². The number of benzene rings is 1. The fourth-order valence-corrected chi connectivity index (χ4v) is 2.29. The molecule has 88 valence electrons.